The lowest BCUT2D eigenvalue weighted by Crippen LogP contribution is -2.41. The number of rotatable bonds is 4. The average Bonchev–Trinajstić information content (AvgIpc) is 3.15. The number of hydrogen-bond acceptors (Lipinski definition) is 4. The van der Waals surface area contributed by atoms with Crippen LogP contribution in [0.15, 0.2) is 23.1 Å². The van der Waals surface area contributed by atoms with Crippen LogP contribution < -0.4 is 10.0 Å². The van der Waals surface area contributed by atoms with Crippen molar-refractivity contribution in [2.75, 3.05) is 25.0 Å². The highest BCUT2D eigenvalue weighted by molar-refractivity contribution is 7.89. The monoisotopic (exact) mass is 337 g/mol. The molecule has 0 aromatic heterocycles. The number of sulfonamides is 1. The van der Waals surface area contributed by atoms with E-state index >= 15 is 0 Å². The highest BCUT2D eigenvalue weighted by Gasteiger charge is 2.28. The standard InChI is InChI=1S/C16H23N3O3S/c1-18(13-4-2-3-5-13)11-16(20)19-9-8-12-10-14(23(17,21)22)6-7-15(12)19/h6-7,10,13H,2-5,8-9,11H2,1H3,(H2,17,21,22). The second kappa shape index (κ2) is 6.22. The zero-order valence-electron chi connectivity index (χ0n) is 13.4. The van der Waals surface area contributed by atoms with Crippen LogP contribution in [0.25, 0.3) is 0 Å². The fourth-order valence-corrected chi connectivity index (χ4v) is 4.15. The lowest BCUT2D eigenvalue weighted by Gasteiger charge is -2.26. The first kappa shape index (κ1) is 16.4. The molecule has 2 aliphatic rings. The number of nitrogens with two attached hydrogens (primary N) is 1. The van der Waals surface area contributed by atoms with Crippen LogP contribution in [0, 0.1) is 0 Å². The third-order valence-electron chi connectivity index (χ3n) is 4.91. The summed E-state index contributed by atoms with van der Waals surface area (Å²) in [5.74, 6) is 0.0708. The third kappa shape index (κ3) is 3.41. The van der Waals surface area contributed by atoms with Crippen molar-refractivity contribution in [1.82, 2.24) is 4.90 Å². The Labute approximate surface area is 137 Å². The maximum absolute atomic E-state index is 12.6. The molecular weight excluding hydrogens is 314 g/mol. The molecule has 1 aliphatic heterocycles. The molecule has 7 heteroatoms. The van der Waals surface area contributed by atoms with Gasteiger partial charge in [-0.3, -0.25) is 9.69 Å². The largest absolute Gasteiger partial charge is 0.311 e. The highest BCUT2D eigenvalue weighted by Crippen LogP contribution is 2.30. The van der Waals surface area contributed by atoms with Gasteiger partial charge in [0.1, 0.15) is 0 Å². The van der Waals surface area contributed by atoms with Crippen LogP contribution in [0.4, 0.5) is 5.69 Å². The fourth-order valence-electron chi connectivity index (χ4n) is 3.59. The first-order valence-corrected chi connectivity index (χ1v) is 9.57. The normalized spacial score (nSPS) is 18.7. The van der Waals surface area contributed by atoms with Gasteiger partial charge in [0, 0.05) is 18.3 Å². The van der Waals surface area contributed by atoms with Gasteiger partial charge >= 0.3 is 0 Å². The molecule has 0 unspecified atom stereocenters. The molecule has 0 spiro atoms. The SMILES string of the molecule is CN(CC(=O)N1CCc2cc(S(N)(=O)=O)ccc21)C1CCCC1. The first-order valence-electron chi connectivity index (χ1n) is 8.02. The maximum Gasteiger partial charge on any atom is 0.241 e. The summed E-state index contributed by atoms with van der Waals surface area (Å²) < 4.78 is 22.9. The molecule has 3 rings (SSSR count). The lowest BCUT2D eigenvalue weighted by atomic mass is 10.2. The van der Waals surface area contributed by atoms with Crippen molar-refractivity contribution < 1.29 is 13.2 Å². The third-order valence-corrected chi connectivity index (χ3v) is 5.82. The molecule has 1 saturated carbocycles. The van der Waals surface area contributed by atoms with Crippen LogP contribution in [0.1, 0.15) is 31.2 Å². The molecule has 1 aromatic carbocycles. The van der Waals surface area contributed by atoms with Gasteiger partial charge in [-0.2, -0.15) is 0 Å². The van der Waals surface area contributed by atoms with Crippen molar-refractivity contribution in [3.63, 3.8) is 0 Å². The van der Waals surface area contributed by atoms with E-state index in [-0.39, 0.29) is 10.8 Å². The van der Waals surface area contributed by atoms with Crippen LogP contribution >= 0.6 is 0 Å². The smallest absolute Gasteiger partial charge is 0.241 e. The number of carbonyl (C=O) groups is 1. The Morgan fingerprint density at radius 2 is 2.04 bits per heavy atom. The molecule has 1 amide bonds. The number of hydrogen-bond donors (Lipinski definition) is 1. The Morgan fingerprint density at radius 3 is 2.70 bits per heavy atom. The van der Waals surface area contributed by atoms with E-state index in [0.717, 1.165) is 24.1 Å². The number of amides is 1. The molecule has 126 valence electrons. The molecule has 0 saturated heterocycles. The minimum Gasteiger partial charge on any atom is -0.311 e. The van der Waals surface area contributed by atoms with Crippen LogP contribution in [-0.2, 0) is 21.2 Å². The van der Waals surface area contributed by atoms with E-state index in [9.17, 15) is 13.2 Å². The highest BCUT2D eigenvalue weighted by atomic mass is 32.2. The van der Waals surface area contributed by atoms with Gasteiger partial charge in [-0.1, -0.05) is 12.8 Å². The molecule has 23 heavy (non-hydrogen) atoms. The predicted octanol–water partition coefficient (Wildman–Crippen LogP) is 1.10. The van der Waals surface area contributed by atoms with E-state index < -0.39 is 10.0 Å². The number of benzene rings is 1. The molecule has 2 N–H and O–H groups in total. The van der Waals surface area contributed by atoms with Gasteiger partial charge in [-0.15, -0.1) is 0 Å². The van der Waals surface area contributed by atoms with Crippen LogP contribution in [0.3, 0.4) is 0 Å². The number of fused-ring (bicyclic) bond motifs is 1. The summed E-state index contributed by atoms with van der Waals surface area (Å²) in [4.78, 5) is 16.6. The summed E-state index contributed by atoms with van der Waals surface area (Å²) >= 11 is 0. The Balaban J connectivity index is 1.73. The van der Waals surface area contributed by atoms with Crippen molar-refractivity contribution in [1.29, 1.82) is 0 Å². The molecule has 0 radical (unpaired) electrons. The zero-order chi connectivity index (χ0) is 16.6. The van der Waals surface area contributed by atoms with Crippen molar-refractivity contribution >= 4 is 21.6 Å². The van der Waals surface area contributed by atoms with Gasteiger partial charge in [-0.05, 0) is 50.1 Å². The number of likely N-dealkylation sites (N-methyl/N-ethyl adjacent to an activating group) is 1. The van der Waals surface area contributed by atoms with E-state index in [1.54, 1.807) is 17.0 Å². The molecule has 1 fully saturated rings. The van der Waals surface area contributed by atoms with Gasteiger partial charge in [0.2, 0.25) is 15.9 Å². The van der Waals surface area contributed by atoms with E-state index in [0.29, 0.717) is 25.6 Å². The Morgan fingerprint density at radius 1 is 1.35 bits per heavy atom. The van der Waals surface area contributed by atoms with Crippen LogP contribution in [0.5, 0.6) is 0 Å². The van der Waals surface area contributed by atoms with Gasteiger partial charge < -0.3 is 4.90 Å². The fraction of sp³-hybridized carbons (Fsp3) is 0.562. The molecule has 1 aromatic rings. The number of nitrogens with zero attached hydrogens (tertiary/aromatic N) is 2. The topological polar surface area (TPSA) is 83.7 Å². The first-order chi connectivity index (χ1) is 10.9. The van der Waals surface area contributed by atoms with E-state index in [4.69, 9.17) is 5.14 Å². The molecule has 1 heterocycles. The van der Waals surface area contributed by atoms with Gasteiger partial charge in [0.05, 0.1) is 11.4 Å². The van der Waals surface area contributed by atoms with Crippen LogP contribution in [0.2, 0.25) is 0 Å². The summed E-state index contributed by atoms with van der Waals surface area (Å²) in [6.07, 6.45) is 5.48. The van der Waals surface area contributed by atoms with E-state index in [1.165, 1.54) is 18.9 Å². The molecule has 1 aliphatic carbocycles. The number of primary sulfonamides is 1. The van der Waals surface area contributed by atoms with Crippen molar-refractivity contribution in [3.05, 3.63) is 23.8 Å². The Kier molecular flexibility index (Phi) is 4.44. The number of anilines is 1. The van der Waals surface area contributed by atoms with Crippen molar-refractivity contribution in [2.24, 2.45) is 5.14 Å². The molecular formula is C16H23N3O3S. The lowest BCUT2D eigenvalue weighted by molar-refractivity contribution is -0.119. The second-order valence-electron chi connectivity index (χ2n) is 6.48. The quantitative estimate of drug-likeness (QED) is 0.892. The summed E-state index contributed by atoms with van der Waals surface area (Å²) in [5, 5.41) is 5.17. The Bertz CT molecular complexity index is 711. The minimum atomic E-state index is -3.70. The zero-order valence-corrected chi connectivity index (χ0v) is 14.2. The van der Waals surface area contributed by atoms with Gasteiger partial charge in [-0.25, -0.2) is 13.6 Å². The molecule has 6 nitrogen and oxygen atoms in total. The van der Waals surface area contributed by atoms with E-state index in [1.807, 2.05) is 7.05 Å². The second-order valence-corrected chi connectivity index (χ2v) is 8.05. The van der Waals surface area contributed by atoms with Gasteiger partial charge in [0.15, 0.2) is 0 Å². The summed E-state index contributed by atoms with van der Waals surface area (Å²) in [7, 11) is -1.69. The van der Waals surface area contributed by atoms with Crippen molar-refractivity contribution in [2.45, 2.75) is 43.0 Å². The maximum atomic E-state index is 12.6. The minimum absolute atomic E-state index is 0.0708. The predicted molar refractivity (Wildman–Crippen MR) is 88.8 cm³/mol. The van der Waals surface area contributed by atoms with Crippen molar-refractivity contribution in [3.8, 4) is 0 Å². The van der Waals surface area contributed by atoms with Crippen LogP contribution in [-0.4, -0.2) is 45.4 Å². The van der Waals surface area contributed by atoms with E-state index in [2.05, 4.69) is 4.90 Å². The summed E-state index contributed by atoms with van der Waals surface area (Å²) in [6.45, 7) is 1.00. The summed E-state index contributed by atoms with van der Waals surface area (Å²) in [6, 6.07) is 5.25. The van der Waals surface area contributed by atoms with Gasteiger partial charge in [0.25, 0.3) is 0 Å². The summed E-state index contributed by atoms with van der Waals surface area (Å²) in [5.41, 5.74) is 1.68. The average molecular weight is 337 g/mol. The molecule has 0 atom stereocenters. The number of carbonyl (C=O) groups excluding carboxylic acids is 1. The molecule has 0 bridgehead atoms. The Hall–Kier alpha value is -1.44.